The van der Waals surface area contributed by atoms with Crippen molar-refractivity contribution in [1.82, 2.24) is 0 Å². The number of aromatic hydroxyl groups is 1. The molecule has 0 unspecified atom stereocenters. The molecule has 2 rings (SSSR count). The summed E-state index contributed by atoms with van der Waals surface area (Å²) in [5.41, 5.74) is 1.67. The van der Waals surface area contributed by atoms with Gasteiger partial charge in [-0.05, 0) is 47.9 Å². The van der Waals surface area contributed by atoms with E-state index in [1.165, 1.54) is 24.3 Å². The van der Waals surface area contributed by atoms with Gasteiger partial charge in [-0.25, -0.2) is 9.18 Å². The Labute approximate surface area is 103 Å². The molecule has 0 atom stereocenters. The zero-order chi connectivity index (χ0) is 13.3. The molecule has 0 aliphatic heterocycles. The van der Waals surface area contributed by atoms with Crippen LogP contribution in [-0.2, 0) is 0 Å². The minimum atomic E-state index is -1.22. The fourth-order valence-corrected chi connectivity index (χ4v) is 1.79. The monoisotopic (exact) mass is 246 g/mol. The van der Waals surface area contributed by atoms with Crippen LogP contribution >= 0.6 is 0 Å². The number of hydrogen-bond donors (Lipinski definition) is 2. The summed E-state index contributed by atoms with van der Waals surface area (Å²) in [6.07, 6.45) is 0. The first kappa shape index (κ1) is 12.1. The molecular weight excluding hydrogens is 235 g/mol. The van der Waals surface area contributed by atoms with Gasteiger partial charge < -0.3 is 10.2 Å². The zero-order valence-corrected chi connectivity index (χ0v) is 9.64. The number of carbonyl (C=O) groups is 1. The second-order valence-corrected chi connectivity index (χ2v) is 4.05. The molecule has 0 fully saturated rings. The molecule has 2 N–H and O–H groups in total. The molecule has 0 spiro atoms. The average molecular weight is 246 g/mol. The molecule has 2 aromatic rings. The number of carboxylic acid groups (broad SMARTS) is 1. The second-order valence-electron chi connectivity index (χ2n) is 4.05. The van der Waals surface area contributed by atoms with Crippen LogP contribution in [0.1, 0.15) is 15.9 Å². The molecule has 0 saturated carbocycles. The summed E-state index contributed by atoms with van der Waals surface area (Å²) in [7, 11) is 0. The molecule has 2 aromatic carbocycles. The normalized spacial score (nSPS) is 10.3. The summed E-state index contributed by atoms with van der Waals surface area (Å²) in [6.45, 7) is 1.76. The predicted octanol–water partition coefficient (Wildman–Crippen LogP) is 3.20. The predicted molar refractivity (Wildman–Crippen MR) is 65.2 cm³/mol. The maximum atomic E-state index is 13.3. The number of carboxylic acids is 1. The molecule has 3 nitrogen and oxygen atoms in total. The first-order valence-corrected chi connectivity index (χ1v) is 5.31. The molecule has 0 amide bonds. The van der Waals surface area contributed by atoms with Crippen molar-refractivity contribution in [3.05, 3.63) is 53.3 Å². The van der Waals surface area contributed by atoms with Gasteiger partial charge in [-0.15, -0.1) is 0 Å². The number of rotatable bonds is 2. The Morgan fingerprint density at radius 3 is 2.44 bits per heavy atom. The Bertz CT molecular complexity index is 600. The fraction of sp³-hybridized carbons (Fsp3) is 0.0714. The third-order valence-corrected chi connectivity index (χ3v) is 2.60. The van der Waals surface area contributed by atoms with Crippen LogP contribution in [-0.4, -0.2) is 16.2 Å². The van der Waals surface area contributed by atoms with E-state index >= 15 is 0 Å². The van der Waals surface area contributed by atoms with Gasteiger partial charge in [0.05, 0.1) is 0 Å². The van der Waals surface area contributed by atoms with Gasteiger partial charge in [-0.3, -0.25) is 0 Å². The van der Waals surface area contributed by atoms with Crippen molar-refractivity contribution >= 4 is 5.97 Å². The van der Waals surface area contributed by atoms with Gasteiger partial charge in [0.1, 0.15) is 17.1 Å². The lowest BCUT2D eigenvalue weighted by atomic mass is 10.0. The van der Waals surface area contributed by atoms with Crippen molar-refractivity contribution in [3.63, 3.8) is 0 Å². The van der Waals surface area contributed by atoms with E-state index in [0.29, 0.717) is 11.1 Å². The minimum absolute atomic E-state index is 0.200. The quantitative estimate of drug-likeness (QED) is 0.855. The number of hydrogen-bond acceptors (Lipinski definition) is 2. The van der Waals surface area contributed by atoms with Crippen LogP contribution in [0.4, 0.5) is 4.39 Å². The molecule has 92 valence electrons. The molecule has 0 heterocycles. The molecule has 18 heavy (non-hydrogen) atoms. The molecule has 0 aliphatic rings. The third-order valence-electron chi connectivity index (χ3n) is 2.60. The maximum Gasteiger partial charge on any atom is 0.339 e. The van der Waals surface area contributed by atoms with Crippen molar-refractivity contribution in [2.24, 2.45) is 0 Å². The van der Waals surface area contributed by atoms with E-state index in [1.54, 1.807) is 19.1 Å². The Balaban J connectivity index is 2.57. The first-order valence-electron chi connectivity index (χ1n) is 5.31. The Morgan fingerprint density at radius 1 is 1.11 bits per heavy atom. The molecule has 0 aliphatic carbocycles. The average Bonchev–Trinajstić information content (AvgIpc) is 2.27. The van der Waals surface area contributed by atoms with Crippen LogP contribution in [0, 0.1) is 12.7 Å². The smallest absolute Gasteiger partial charge is 0.339 e. The van der Waals surface area contributed by atoms with Gasteiger partial charge in [0.15, 0.2) is 0 Å². The molecule has 0 bridgehead atoms. The van der Waals surface area contributed by atoms with E-state index < -0.39 is 5.97 Å². The number of aromatic carboxylic acids is 1. The highest BCUT2D eigenvalue weighted by Gasteiger charge is 2.11. The SMILES string of the molecule is Cc1cc(F)cc(-c2ccc(O)c(C(=O)O)c2)c1. The molecular formula is C14H11FO3. The van der Waals surface area contributed by atoms with Gasteiger partial charge in [0.2, 0.25) is 0 Å². The molecule has 0 saturated heterocycles. The largest absolute Gasteiger partial charge is 0.507 e. The van der Waals surface area contributed by atoms with Crippen molar-refractivity contribution in [3.8, 4) is 16.9 Å². The lowest BCUT2D eigenvalue weighted by Crippen LogP contribution is -1.97. The van der Waals surface area contributed by atoms with Crippen LogP contribution in [0.5, 0.6) is 5.75 Å². The van der Waals surface area contributed by atoms with Gasteiger partial charge in [-0.2, -0.15) is 0 Å². The standard InChI is InChI=1S/C14H11FO3/c1-8-4-10(6-11(15)5-8)9-2-3-13(16)12(7-9)14(17)18/h2-7,16H,1H3,(H,17,18). The molecule has 0 radical (unpaired) electrons. The Kier molecular flexibility index (Phi) is 3.02. The molecule has 0 aromatic heterocycles. The van der Waals surface area contributed by atoms with Gasteiger partial charge in [-0.1, -0.05) is 12.1 Å². The van der Waals surface area contributed by atoms with E-state index in [1.807, 2.05) is 0 Å². The Morgan fingerprint density at radius 2 is 1.83 bits per heavy atom. The maximum absolute atomic E-state index is 13.3. The molecule has 4 heteroatoms. The number of halogens is 1. The van der Waals surface area contributed by atoms with E-state index in [-0.39, 0.29) is 17.1 Å². The lowest BCUT2D eigenvalue weighted by molar-refractivity contribution is 0.0694. The number of aryl methyl sites for hydroxylation is 1. The highest BCUT2D eigenvalue weighted by atomic mass is 19.1. The summed E-state index contributed by atoms with van der Waals surface area (Å²) in [5.74, 6) is -1.91. The first-order chi connectivity index (χ1) is 8.47. The topological polar surface area (TPSA) is 57.5 Å². The van der Waals surface area contributed by atoms with Crippen molar-refractivity contribution in [2.45, 2.75) is 6.92 Å². The van der Waals surface area contributed by atoms with Crippen molar-refractivity contribution in [2.75, 3.05) is 0 Å². The number of phenols is 1. The van der Waals surface area contributed by atoms with Gasteiger partial charge in [0.25, 0.3) is 0 Å². The van der Waals surface area contributed by atoms with Crippen LogP contribution < -0.4 is 0 Å². The van der Waals surface area contributed by atoms with Crippen LogP contribution in [0.3, 0.4) is 0 Å². The van der Waals surface area contributed by atoms with E-state index in [2.05, 4.69) is 0 Å². The van der Waals surface area contributed by atoms with Crippen molar-refractivity contribution in [1.29, 1.82) is 0 Å². The highest BCUT2D eigenvalue weighted by molar-refractivity contribution is 5.92. The summed E-state index contributed by atoms with van der Waals surface area (Å²) < 4.78 is 13.3. The van der Waals surface area contributed by atoms with E-state index in [0.717, 1.165) is 5.56 Å². The zero-order valence-electron chi connectivity index (χ0n) is 9.64. The van der Waals surface area contributed by atoms with Crippen LogP contribution in [0.15, 0.2) is 36.4 Å². The lowest BCUT2D eigenvalue weighted by Gasteiger charge is -2.06. The number of benzene rings is 2. The minimum Gasteiger partial charge on any atom is -0.507 e. The summed E-state index contributed by atoms with van der Waals surface area (Å²) in [5, 5.41) is 18.3. The van der Waals surface area contributed by atoms with E-state index in [9.17, 15) is 14.3 Å². The van der Waals surface area contributed by atoms with E-state index in [4.69, 9.17) is 5.11 Å². The van der Waals surface area contributed by atoms with Crippen LogP contribution in [0.2, 0.25) is 0 Å². The Hall–Kier alpha value is -2.36. The summed E-state index contributed by atoms with van der Waals surface area (Å²) >= 11 is 0. The van der Waals surface area contributed by atoms with Crippen molar-refractivity contribution < 1.29 is 19.4 Å². The highest BCUT2D eigenvalue weighted by Crippen LogP contribution is 2.27. The summed E-state index contributed by atoms with van der Waals surface area (Å²) in [6, 6.07) is 8.63. The third kappa shape index (κ3) is 2.32. The van der Waals surface area contributed by atoms with Gasteiger partial charge >= 0.3 is 5.97 Å². The van der Waals surface area contributed by atoms with Gasteiger partial charge in [0, 0.05) is 0 Å². The van der Waals surface area contributed by atoms with Crippen LogP contribution in [0.25, 0.3) is 11.1 Å². The summed E-state index contributed by atoms with van der Waals surface area (Å²) in [4.78, 5) is 10.9. The second kappa shape index (κ2) is 4.49. The fourth-order valence-electron chi connectivity index (χ4n) is 1.79.